The molecule has 150 valence electrons. The molecule has 0 saturated carbocycles. The van der Waals surface area contributed by atoms with Crippen molar-refractivity contribution in [2.75, 3.05) is 46.3 Å². The van der Waals surface area contributed by atoms with Gasteiger partial charge in [0.15, 0.2) is 0 Å². The lowest BCUT2D eigenvalue weighted by molar-refractivity contribution is -0.139. The minimum atomic E-state index is 0.0802. The van der Waals surface area contributed by atoms with Gasteiger partial charge in [0, 0.05) is 38.3 Å². The van der Waals surface area contributed by atoms with Crippen LogP contribution in [0.3, 0.4) is 0 Å². The summed E-state index contributed by atoms with van der Waals surface area (Å²) in [7, 11) is 2.11. The number of benzene rings is 1. The molecule has 7 heteroatoms. The zero-order chi connectivity index (χ0) is 19.5. The summed E-state index contributed by atoms with van der Waals surface area (Å²) < 4.78 is 5.47. The van der Waals surface area contributed by atoms with Gasteiger partial charge in [0.05, 0.1) is 12.5 Å². The summed E-state index contributed by atoms with van der Waals surface area (Å²) in [6.07, 6.45) is 2.00. The van der Waals surface area contributed by atoms with E-state index < -0.39 is 0 Å². The molecule has 0 spiro atoms. The summed E-state index contributed by atoms with van der Waals surface area (Å²) in [6, 6.07) is 8.11. The number of likely N-dealkylation sites (N-methyl/N-ethyl adjacent to an activating group) is 1. The number of carbonyl (C=O) groups excluding carboxylic acids is 1. The highest BCUT2D eigenvalue weighted by atomic mass is 16.5. The van der Waals surface area contributed by atoms with Gasteiger partial charge in [0.25, 0.3) is 0 Å². The van der Waals surface area contributed by atoms with E-state index in [1.807, 2.05) is 29.2 Å². The van der Waals surface area contributed by atoms with Crippen molar-refractivity contribution < 1.29 is 9.32 Å². The van der Waals surface area contributed by atoms with E-state index in [0.717, 1.165) is 57.7 Å². The number of hydrogen-bond acceptors (Lipinski definition) is 6. The molecule has 0 N–H and O–H groups in total. The second kappa shape index (κ2) is 8.41. The first-order chi connectivity index (χ1) is 13.6. The number of rotatable bonds is 4. The van der Waals surface area contributed by atoms with E-state index in [4.69, 9.17) is 4.52 Å². The van der Waals surface area contributed by atoms with Crippen LogP contribution in [0.1, 0.15) is 24.3 Å². The number of amides is 1. The second-order valence-electron chi connectivity index (χ2n) is 8.08. The maximum absolute atomic E-state index is 12.9. The zero-order valence-corrected chi connectivity index (χ0v) is 16.8. The molecule has 1 atom stereocenters. The lowest BCUT2D eigenvalue weighted by Gasteiger charge is -2.37. The van der Waals surface area contributed by atoms with Gasteiger partial charge in [0.1, 0.15) is 0 Å². The molecule has 4 rings (SSSR count). The number of aromatic nitrogens is 2. The molecule has 0 bridgehead atoms. The van der Waals surface area contributed by atoms with E-state index >= 15 is 0 Å². The van der Waals surface area contributed by atoms with E-state index in [-0.39, 0.29) is 5.92 Å². The van der Waals surface area contributed by atoms with Crippen molar-refractivity contribution in [2.45, 2.75) is 26.3 Å². The molecule has 2 saturated heterocycles. The Balaban J connectivity index is 1.35. The number of nitrogens with zero attached hydrogens (tertiary/aromatic N) is 5. The minimum absolute atomic E-state index is 0.0802. The highest BCUT2D eigenvalue weighted by Gasteiger charge is 2.31. The van der Waals surface area contributed by atoms with Gasteiger partial charge in [-0.1, -0.05) is 35.0 Å². The molecule has 1 aromatic heterocycles. The molecule has 3 heterocycles. The summed E-state index contributed by atoms with van der Waals surface area (Å²) in [5.74, 6) is 1.63. The molecule has 2 fully saturated rings. The van der Waals surface area contributed by atoms with Gasteiger partial charge in [-0.25, -0.2) is 0 Å². The van der Waals surface area contributed by atoms with E-state index in [2.05, 4.69) is 33.9 Å². The lowest BCUT2D eigenvalue weighted by Crippen LogP contribution is -2.51. The molecule has 1 aromatic carbocycles. The minimum Gasteiger partial charge on any atom is -0.340 e. The molecule has 0 radical (unpaired) electrons. The Kier molecular flexibility index (Phi) is 5.73. The topological polar surface area (TPSA) is 65.7 Å². The average Bonchev–Trinajstić information content (AvgIpc) is 3.17. The number of likely N-dealkylation sites (tertiary alicyclic amines) is 1. The van der Waals surface area contributed by atoms with E-state index in [1.165, 1.54) is 5.56 Å². The normalized spacial score (nSPS) is 21.8. The third-order valence-electron chi connectivity index (χ3n) is 5.81. The van der Waals surface area contributed by atoms with E-state index in [9.17, 15) is 4.79 Å². The van der Waals surface area contributed by atoms with Gasteiger partial charge in [-0.15, -0.1) is 0 Å². The SMILES string of the molecule is Cc1ccc(-c2noc(CN3CCCC(C(=O)N4CCN(C)CC4)C3)n2)cc1. The summed E-state index contributed by atoms with van der Waals surface area (Å²) in [4.78, 5) is 24.0. The first-order valence-electron chi connectivity index (χ1n) is 10.2. The second-order valence-corrected chi connectivity index (χ2v) is 8.08. The Morgan fingerprint density at radius 2 is 1.89 bits per heavy atom. The third kappa shape index (κ3) is 4.42. The van der Waals surface area contributed by atoms with Crippen LogP contribution in [0.15, 0.2) is 28.8 Å². The Morgan fingerprint density at radius 1 is 1.14 bits per heavy atom. The van der Waals surface area contributed by atoms with Crippen LogP contribution in [0.4, 0.5) is 0 Å². The maximum Gasteiger partial charge on any atom is 0.241 e. The zero-order valence-electron chi connectivity index (χ0n) is 16.8. The van der Waals surface area contributed by atoms with Crippen molar-refractivity contribution in [3.05, 3.63) is 35.7 Å². The first-order valence-corrected chi connectivity index (χ1v) is 10.2. The van der Waals surface area contributed by atoms with Crippen LogP contribution in [0, 0.1) is 12.8 Å². The van der Waals surface area contributed by atoms with Gasteiger partial charge in [-0.05, 0) is 33.4 Å². The fraction of sp³-hybridized carbons (Fsp3) is 0.571. The molecule has 2 aromatic rings. The Morgan fingerprint density at radius 3 is 2.64 bits per heavy atom. The predicted molar refractivity (Wildman–Crippen MR) is 107 cm³/mol. The van der Waals surface area contributed by atoms with Crippen LogP contribution in [-0.2, 0) is 11.3 Å². The molecular weight excluding hydrogens is 354 g/mol. The monoisotopic (exact) mass is 383 g/mol. The quantitative estimate of drug-likeness (QED) is 0.805. The van der Waals surface area contributed by atoms with Crippen molar-refractivity contribution in [1.29, 1.82) is 0 Å². The van der Waals surface area contributed by atoms with Gasteiger partial charge in [-0.3, -0.25) is 9.69 Å². The highest BCUT2D eigenvalue weighted by molar-refractivity contribution is 5.79. The standard InChI is InChI=1S/C21H29N5O2/c1-16-5-7-17(8-6-16)20-22-19(28-23-20)15-25-9-3-4-18(14-25)21(27)26-12-10-24(2)11-13-26/h5-8,18H,3-4,9-15H2,1-2H3. The van der Waals surface area contributed by atoms with Crippen LogP contribution >= 0.6 is 0 Å². The summed E-state index contributed by atoms with van der Waals surface area (Å²) in [6.45, 7) is 8.01. The molecule has 0 aliphatic carbocycles. The van der Waals surface area contributed by atoms with Crippen LogP contribution in [0.25, 0.3) is 11.4 Å². The van der Waals surface area contributed by atoms with Crippen LogP contribution in [0.2, 0.25) is 0 Å². The molecule has 1 amide bonds. The molecule has 7 nitrogen and oxygen atoms in total. The summed E-state index contributed by atoms with van der Waals surface area (Å²) in [5, 5.41) is 4.12. The third-order valence-corrected chi connectivity index (χ3v) is 5.81. The molecular formula is C21H29N5O2. The number of carbonyl (C=O) groups is 1. The molecule has 1 unspecified atom stereocenters. The number of hydrogen-bond donors (Lipinski definition) is 0. The summed E-state index contributed by atoms with van der Waals surface area (Å²) in [5.41, 5.74) is 2.17. The van der Waals surface area contributed by atoms with E-state index in [0.29, 0.717) is 24.2 Å². The van der Waals surface area contributed by atoms with Gasteiger partial charge in [-0.2, -0.15) is 4.98 Å². The summed E-state index contributed by atoms with van der Waals surface area (Å²) >= 11 is 0. The number of piperazine rings is 1. The number of aryl methyl sites for hydroxylation is 1. The first kappa shape index (κ1) is 19.1. The largest absolute Gasteiger partial charge is 0.340 e. The van der Waals surface area contributed by atoms with Crippen LogP contribution < -0.4 is 0 Å². The van der Waals surface area contributed by atoms with Crippen molar-refractivity contribution in [1.82, 2.24) is 24.8 Å². The highest BCUT2D eigenvalue weighted by Crippen LogP contribution is 2.22. The van der Waals surface area contributed by atoms with Gasteiger partial charge in [0.2, 0.25) is 17.6 Å². The van der Waals surface area contributed by atoms with Crippen LogP contribution in [0.5, 0.6) is 0 Å². The lowest BCUT2D eigenvalue weighted by atomic mass is 9.96. The Bertz CT molecular complexity index is 795. The maximum atomic E-state index is 12.9. The predicted octanol–water partition coefficient (Wildman–Crippen LogP) is 2.03. The van der Waals surface area contributed by atoms with Gasteiger partial charge >= 0.3 is 0 Å². The van der Waals surface area contributed by atoms with Crippen molar-refractivity contribution >= 4 is 5.91 Å². The average molecular weight is 383 g/mol. The molecule has 2 aliphatic heterocycles. The van der Waals surface area contributed by atoms with Crippen LogP contribution in [-0.4, -0.2) is 77.1 Å². The van der Waals surface area contributed by atoms with Crippen molar-refractivity contribution in [3.8, 4) is 11.4 Å². The fourth-order valence-corrected chi connectivity index (χ4v) is 4.02. The number of piperidine rings is 1. The smallest absolute Gasteiger partial charge is 0.241 e. The molecule has 2 aliphatic rings. The van der Waals surface area contributed by atoms with Crippen molar-refractivity contribution in [2.24, 2.45) is 5.92 Å². The Labute approximate surface area is 166 Å². The Hall–Kier alpha value is -2.25. The molecule has 28 heavy (non-hydrogen) atoms. The van der Waals surface area contributed by atoms with Gasteiger partial charge < -0.3 is 14.3 Å². The fourth-order valence-electron chi connectivity index (χ4n) is 4.02. The van der Waals surface area contributed by atoms with Crippen molar-refractivity contribution in [3.63, 3.8) is 0 Å². The van der Waals surface area contributed by atoms with E-state index in [1.54, 1.807) is 0 Å².